The first-order valence-corrected chi connectivity index (χ1v) is 17.6. The van der Waals surface area contributed by atoms with Gasteiger partial charge in [-0.1, -0.05) is 79.6 Å². The number of carbonyl (C=O) groups excluding carboxylic acids is 2. The van der Waals surface area contributed by atoms with Crippen LogP contribution in [0.25, 0.3) is 16.1 Å². The number of fused-ring (bicyclic) bond motifs is 1. The molecule has 4 rings (SSSR count). The first-order valence-electron chi connectivity index (χ1n) is 16.8. The van der Waals surface area contributed by atoms with Gasteiger partial charge in [-0.25, -0.2) is 0 Å². The third kappa shape index (κ3) is 7.45. The van der Waals surface area contributed by atoms with Gasteiger partial charge >= 0.3 is 0 Å². The zero-order chi connectivity index (χ0) is 30.9. The number of amides is 2. The molecule has 234 valence electrons. The molecule has 6 heteroatoms. The van der Waals surface area contributed by atoms with Gasteiger partial charge in [0.15, 0.2) is 0 Å². The maximum absolute atomic E-state index is 14.2. The Kier molecular flexibility index (Phi) is 12.1. The molecular weight excluding hydrogens is 552 g/mol. The summed E-state index contributed by atoms with van der Waals surface area (Å²) in [5.74, 6) is 1.73. The number of benzene rings is 1. The molecule has 1 aromatic carbocycles. The molecule has 0 fully saturated rings. The monoisotopic (exact) mass is 604 g/mol. The van der Waals surface area contributed by atoms with Crippen LogP contribution in [0.3, 0.4) is 0 Å². The van der Waals surface area contributed by atoms with Gasteiger partial charge in [0.25, 0.3) is 11.8 Å². The van der Waals surface area contributed by atoms with Crippen LogP contribution >= 0.6 is 11.3 Å². The van der Waals surface area contributed by atoms with Crippen LogP contribution in [0, 0.1) is 11.8 Å². The third-order valence-corrected chi connectivity index (χ3v) is 10.3. The lowest BCUT2D eigenvalue weighted by Gasteiger charge is -2.28. The van der Waals surface area contributed by atoms with Gasteiger partial charge in [0.2, 0.25) is 0 Å². The zero-order valence-corrected chi connectivity index (χ0v) is 28.2. The predicted molar refractivity (Wildman–Crippen MR) is 180 cm³/mol. The molecule has 0 saturated carbocycles. The molecule has 2 amide bonds. The van der Waals surface area contributed by atoms with Crippen molar-refractivity contribution in [1.82, 2.24) is 9.80 Å². The second-order valence-corrected chi connectivity index (χ2v) is 13.3. The fourth-order valence-corrected chi connectivity index (χ4v) is 7.31. The number of ether oxygens (including phenoxy) is 1. The maximum atomic E-state index is 14.2. The summed E-state index contributed by atoms with van der Waals surface area (Å²) in [6.07, 6.45) is 11.0. The number of thiophene rings is 1. The zero-order valence-electron chi connectivity index (χ0n) is 27.3. The maximum Gasteiger partial charge on any atom is 0.261 e. The molecule has 0 radical (unpaired) electrons. The van der Waals surface area contributed by atoms with Crippen molar-refractivity contribution < 1.29 is 14.3 Å². The van der Waals surface area contributed by atoms with Crippen LogP contribution in [0.1, 0.15) is 111 Å². The Bertz CT molecular complexity index is 1310. The van der Waals surface area contributed by atoms with Crippen LogP contribution in [0.2, 0.25) is 0 Å². The molecule has 1 aromatic heterocycles. The van der Waals surface area contributed by atoms with E-state index < -0.39 is 0 Å². The summed E-state index contributed by atoms with van der Waals surface area (Å²) in [7, 11) is 0. The van der Waals surface area contributed by atoms with Crippen molar-refractivity contribution in [3.8, 4) is 16.2 Å². The van der Waals surface area contributed by atoms with Gasteiger partial charge in [0.1, 0.15) is 5.75 Å². The molecule has 2 unspecified atom stereocenters. The molecule has 5 nitrogen and oxygen atoms in total. The minimum atomic E-state index is -0.00145. The summed E-state index contributed by atoms with van der Waals surface area (Å²) in [4.78, 5) is 34.3. The number of allylic oxidation sites excluding steroid dienone is 1. The van der Waals surface area contributed by atoms with E-state index in [1.165, 1.54) is 0 Å². The van der Waals surface area contributed by atoms with Crippen molar-refractivity contribution in [3.63, 3.8) is 0 Å². The van der Waals surface area contributed by atoms with Gasteiger partial charge in [-0.2, -0.15) is 0 Å². The molecule has 2 atom stereocenters. The SMILES string of the molecule is CCCCOc1ccc(-c2ccc(C3=C4C(=O)N(CC(CC)CCCC)C(C)=C4C(=O)N3CC(CC)CCCC)s2)cc1. The number of hydrogen-bond acceptors (Lipinski definition) is 4. The number of unbranched alkanes of at least 4 members (excludes halogenated alkanes) is 3. The van der Waals surface area contributed by atoms with Crippen molar-refractivity contribution in [2.45, 2.75) is 106 Å². The lowest BCUT2D eigenvalue weighted by molar-refractivity contribution is -0.124. The predicted octanol–water partition coefficient (Wildman–Crippen LogP) is 9.70. The largest absolute Gasteiger partial charge is 0.494 e. The second-order valence-electron chi connectivity index (χ2n) is 12.2. The first kappa shape index (κ1) is 33.0. The van der Waals surface area contributed by atoms with Crippen LogP contribution in [0.5, 0.6) is 5.75 Å². The fourth-order valence-electron chi connectivity index (χ4n) is 6.23. The number of nitrogens with zero attached hydrogens (tertiary/aromatic N) is 2. The molecular formula is C37H52N2O3S. The normalized spacial score (nSPS) is 16.5. The molecule has 3 heterocycles. The molecule has 0 saturated heterocycles. The van der Waals surface area contributed by atoms with Gasteiger partial charge in [0.05, 0.1) is 28.3 Å². The van der Waals surface area contributed by atoms with Gasteiger partial charge in [-0.15, -0.1) is 11.3 Å². The Hall–Kier alpha value is -2.86. The van der Waals surface area contributed by atoms with E-state index in [1.54, 1.807) is 11.3 Å². The highest BCUT2D eigenvalue weighted by Gasteiger charge is 2.48. The topological polar surface area (TPSA) is 49.9 Å². The van der Waals surface area contributed by atoms with Crippen LogP contribution < -0.4 is 4.74 Å². The van der Waals surface area contributed by atoms with Crippen molar-refractivity contribution >= 4 is 28.8 Å². The summed E-state index contributed by atoms with van der Waals surface area (Å²) in [5.41, 5.74) is 4.00. The standard InChI is InChI=1S/C37H52N2O3S/c1-7-12-15-27(10-4)24-38-26(6)33-34(37(38)41)35(39(36(33)40)25-28(11-5)16-13-8-2)32-22-21-31(43-32)29-17-19-30(20-18-29)42-23-14-9-3/h17-22,27-28H,7-16,23-25H2,1-6H3. The Labute approximate surface area is 264 Å². The van der Waals surface area contributed by atoms with Crippen LogP contribution in [0.4, 0.5) is 0 Å². The van der Waals surface area contributed by atoms with E-state index in [4.69, 9.17) is 4.74 Å². The lowest BCUT2D eigenvalue weighted by atomic mass is 9.98. The molecule has 0 spiro atoms. The molecule has 0 bridgehead atoms. The van der Waals surface area contributed by atoms with E-state index in [0.717, 1.165) is 103 Å². The second kappa shape index (κ2) is 15.7. The summed E-state index contributed by atoms with van der Waals surface area (Å²) >= 11 is 1.67. The first-order chi connectivity index (χ1) is 20.9. The third-order valence-electron chi connectivity index (χ3n) is 9.15. The van der Waals surface area contributed by atoms with E-state index >= 15 is 0 Å². The quantitative estimate of drug-likeness (QED) is 0.159. The number of carbonyl (C=O) groups is 2. The van der Waals surface area contributed by atoms with Crippen LogP contribution in [-0.2, 0) is 9.59 Å². The highest BCUT2D eigenvalue weighted by atomic mass is 32.1. The molecule has 0 aliphatic carbocycles. The van der Waals surface area contributed by atoms with Crippen molar-refractivity contribution in [2.24, 2.45) is 11.8 Å². The molecule has 0 N–H and O–H groups in total. The van der Waals surface area contributed by atoms with E-state index in [1.807, 2.05) is 28.9 Å². The van der Waals surface area contributed by atoms with Gasteiger partial charge < -0.3 is 14.5 Å². The number of hydrogen-bond donors (Lipinski definition) is 0. The minimum absolute atomic E-state index is 0.00145. The number of rotatable bonds is 18. The van der Waals surface area contributed by atoms with Crippen LogP contribution in [0.15, 0.2) is 53.2 Å². The summed E-state index contributed by atoms with van der Waals surface area (Å²) < 4.78 is 5.87. The fraction of sp³-hybridized carbons (Fsp3) is 0.568. The van der Waals surface area contributed by atoms with Gasteiger partial charge in [0, 0.05) is 23.7 Å². The van der Waals surface area contributed by atoms with E-state index in [2.05, 4.69) is 58.9 Å². The highest BCUT2D eigenvalue weighted by Crippen LogP contribution is 2.47. The lowest BCUT2D eigenvalue weighted by Crippen LogP contribution is -2.34. The van der Waals surface area contributed by atoms with Crippen LogP contribution in [-0.4, -0.2) is 41.3 Å². The van der Waals surface area contributed by atoms with Gasteiger partial charge in [-0.05, 0) is 80.0 Å². The summed E-state index contributed by atoms with van der Waals surface area (Å²) in [5, 5.41) is 0. The van der Waals surface area contributed by atoms with Crippen molar-refractivity contribution in [1.29, 1.82) is 0 Å². The van der Waals surface area contributed by atoms with Crippen molar-refractivity contribution in [3.05, 3.63) is 58.1 Å². The molecule has 2 aromatic rings. The highest BCUT2D eigenvalue weighted by molar-refractivity contribution is 7.16. The van der Waals surface area contributed by atoms with E-state index in [9.17, 15) is 9.59 Å². The molecule has 2 aliphatic rings. The molecule has 2 aliphatic heterocycles. The van der Waals surface area contributed by atoms with E-state index in [0.29, 0.717) is 36.1 Å². The molecule has 43 heavy (non-hydrogen) atoms. The smallest absolute Gasteiger partial charge is 0.261 e. The average molecular weight is 605 g/mol. The Morgan fingerprint density at radius 1 is 0.698 bits per heavy atom. The summed E-state index contributed by atoms with van der Waals surface area (Å²) in [6, 6.07) is 12.5. The average Bonchev–Trinajstić information content (AvgIpc) is 3.68. The van der Waals surface area contributed by atoms with Crippen molar-refractivity contribution in [2.75, 3.05) is 19.7 Å². The Morgan fingerprint density at radius 3 is 1.84 bits per heavy atom. The summed E-state index contributed by atoms with van der Waals surface area (Å²) in [6.45, 7) is 15.1. The Balaban J connectivity index is 1.69. The van der Waals surface area contributed by atoms with E-state index in [-0.39, 0.29) is 11.8 Å². The van der Waals surface area contributed by atoms with Gasteiger partial charge in [-0.3, -0.25) is 9.59 Å². The minimum Gasteiger partial charge on any atom is -0.494 e. The Morgan fingerprint density at radius 2 is 1.26 bits per heavy atom.